The van der Waals surface area contributed by atoms with Crippen molar-refractivity contribution in [1.82, 2.24) is 5.32 Å². The molecule has 20 heavy (non-hydrogen) atoms. The molecular formula is C18H21NO. The third-order valence-corrected chi connectivity index (χ3v) is 3.75. The van der Waals surface area contributed by atoms with Crippen molar-refractivity contribution in [2.45, 2.75) is 39.3 Å². The first-order valence-electron chi connectivity index (χ1n) is 7.29. The molecule has 0 aromatic heterocycles. The minimum absolute atomic E-state index is 0.711. The van der Waals surface area contributed by atoms with Crippen LogP contribution >= 0.6 is 0 Å². The van der Waals surface area contributed by atoms with Gasteiger partial charge in [0, 0.05) is 18.2 Å². The fourth-order valence-electron chi connectivity index (χ4n) is 2.36. The van der Waals surface area contributed by atoms with E-state index >= 15 is 0 Å². The second-order valence-corrected chi connectivity index (χ2v) is 5.59. The van der Waals surface area contributed by atoms with Crippen molar-refractivity contribution in [1.29, 1.82) is 0 Å². The molecule has 1 aliphatic rings. The summed E-state index contributed by atoms with van der Waals surface area (Å²) in [5, 5.41) is 3.55. The Morgan fingerprint density at radius 3 is 2.40 bits per heavy atom. The summed E-state index contributed by atoms with van der Waals surface area (Å²) in [6.07, 6.45) is 2.61. The predicted octanol–water partition coefficient (Wildman–Crippen LogP) is 4.35. The molecule has 104 valence electrons. The summed E-state index contributed by atoms with van der Waals surface area (Å²) < 4.78 is 6.18. The third-order valence-electron chi connectivity index (χ3n) is 3.75. The Hall–Kier alpha value is -1.80. The number of nitrogens with one attached hydrogen (secondary N) is 1. The fourth-order valence-corrected chi connectivity index (χ4v) is 2.36. The molecule has 0 heterocycles. The van der Waals surface area contributed by atoms with Gasteiger partial charge in [0.25, 0.3) is 0 Å². The van der Waals surface area contributed by atoms with Crippen molar-refractivity contribution in [3.63, 3.8) is 0 Å². The molecule has 1 aliphatic carbocycles. The fraction of sp³-hybridized carbons (Fsp3) is 0.333. The number of aryl methyl sites for hydroxylation is 2. The lowest BCUT2D eigenvalue weighted by Crippen LogP contribution is -2.15. The number of benzene rings is 2. The lowest BCUT2D eigenvalue weighted by molar-refractivity contribution is 0.465. The molecule has 0 unspecified atom stereocenters. The summed E-state index contributed by atoms with van der Waals surface area (Å²) >= 11 is 0. The summed E-state index contributed by atoms with van der Waals surface area (Å²) in [6, 6.07) is 15.3. The molecule has 0 atom stereocenters. The highest BCUT2D eigenvalue weighted by Crippen LogP contribution is 2.31. The van der Waals surface area contributed by atoms with Gasteiger partial charge >= 0.3 is 0 Å². The Bertz CT molecular complexity index is 582. The van der Waals surface area contributed by atoms with Crippen LogP contribution in [0.15, 0.2) is 42.5 Å². The first kappa shape index (κ1) is 13.2. The lowest BCUT2D eigenvalue weighted by Gasteiger charge is -2.15. The van der Waals surface area contributed by atoms with Crippen LogP contribution in [0.25, 0.3) is 0 Å². The molecule has 0 aliphatic heterocycles. The number of hydrogen-bond donors (Lipinski definition) is 1. The molecule has 0 bridgehead atoms. The lowest BCUT2D eigenvalue weighted by atomic mass is 10.1. The molecule has 0 radical (unpaired) electrons. The molecule has 1 fully saturated rings. The quantitative estimate of drug-likeness (QED) is 0.869. The van der Waals surface area contributed by atoms with Crippen LogP contribution in [-0.2, 0) is 6.54 Å². The zero-order valence-electron chi connectivity index (χ0n) is 12.1. The molecule has 1 N–H and O–H groups in total. The molecule has 3 rings (SSSR count). The zero-order chi connectivity index (χ0) is 13.9. The summed E-state index contributed by atoms with van der Waals surface area (Å²) in [5.74, 6) is 1.93. The topological polar surface area (TPSA) is 21.3 Å². The zero-order valence-corrected chi connectivity index (χ0v) is 12.1. The van der Waals surface area contributed by atoms with E-state index in [0.717, 1.165) is 18.0 Å². The van der Waals surface area contributed by atoms with Gasteiger partial charge in [-0.1, -0.05) is 36.4 Å². The van der Waals surface area contributed by atoms with Crippen molar-refractivity contribution in [3.8, 4) is 11.5 Å². The first-order chi connectivity index (χ1) is 9.74. The van der Waals surface area contributed by atoms with Gasteiger partial charge in [0.15, 0.2) is 0 Å². The second kappa shape index (κ2) is 5.68. The van der Waals surface area contributed by atoms with Crippen LogP contribution in [0.2, 0.25) is 0 Å². The van der Waals surface area contributed by atoms with Crippen LogP contribution in [-0.4, -0.2) is 6.04 Å². The Morgan fingerprint density at radius 2 is 1.70 bits per heavy atom. The first-order valence-corrected chi connectivity index (χ1v) is 7.29. The van der Waals surface area contributed by atoms with Gasteiger partial charge in [-0.3, -0.25) is 0 Å². The van der Waals surface area contributed by atoms with E-state index in [0.29, 0.717) is 6.04 Å². The summed E-state index contributed by atoms with van der Waals surface area (Å²) in [5.41, 5.74) is 3.58. The molecule has 2 heteroatoms. The van der Waals surface area contributed by atoms with Crippen LogP contribution in [0.5, 0.6) is 11.5 Å². The van der Waals surface area contributed by atoms with Crippen molar-refractivity contribution >= 4 is 0 Å². The third kappa shape index (κ3) is 3.02. The van der Waals surface area contributed by atoms with Crippen molar-refractivity contribution in [2.24, 2.45) is 0 Å². The minimum Gasteiger partial charge on any atom is -0.456 e. The van der Waals surface area contributed by atoms with Crippen molar-refractivity contribution in [3.05, 3.63) is 59.2 Å². The summed E-state index contributed by atoms with van der Waals surface area (Å²) in [4.78, 5) is 0. The Balaban J connectivity index is 1.82. The predicted molar refractivity (Wildman–Crippen MR) is 82.3 cm³/mol. The van der Waals surface area contributed by atoms with Crippen LogP contribution in [0.4, 0.5) is 0 Å². The number of hydrogen-bond acceptors (Lipinski definition) is 2. The smallest absolute Gasteiger partial charge is 0.133 e. The van der Waals surface area contributed by atoms with Gasteiger partial charge in [-0.25, -0.2) is 0 Å². The van der Waals surface area contributed by atoms with Crippen LogP contribution < -0.4 is 10.1 Å². The number of rotatable bonds is 5. The molecular weight excluding hydrogens is 246 g/mol. The maximum absolute atomic E-state index is 6.18. The highest BCUT2D eigenvalue weighted by Gasteiger charge is 2.20. The van der Waals surface area contributed by atoms with E-state index in [1.54, 1.807) is 0 Å². The Labute approximate surface area is 120 Å². The SMILES string of the molecule is Cc1cccc(C)c1Oc1ccccc1CNC1CC1. The van der Waals surface area contributed by atoms with E-state index in [2.05, 4.69) is 55.6 Å². The Kier molecular flexibility index (Phi) is 3.75. The maximum Gasteiger partial charge on any atom is 0.133 e. The van der Waals surface area contributed by atoms with Crippen molar-refractivity contribution in [2.75, 3.05) is 0 Å². The normalized spacial score (nSPS) is 14.3. The van der Waals surface area contributed by atoms with Gasteiger partial charge in [-0.15, -0.1) is 0 Å². The minimum atomic E-state index is 0.711. The highest BCUT2D eigenvalue weighted by molar-refractivity contribution is 5.45. The molecule has 0 amide bonds. The molecule has 2 nitrogen and oxygen atoms in total. The van der Waals surface area contributed by atoms with Gasteiger partial charge in [-0.05, 0) is 43.9 Å². The van der Waals surface area contributed by atoms with E-state index in [1.165, 1.54) is 29.5 Å². The summed E-state index contributed by atoms with van der Waals surface area (Å²) in [6.45, 7) is 5.06. The largest absolute Gasteiger partial charge is 0.456 e. The van der Waals surface area contributed by atoms with E-state index < -0.39 is 0 Å². The molecule has 0 saturated heterocycles. The molecule has 1 saturated carbocycles. The van der Waals surface area contributed by atoms with Crippen LogP contribution in [0, 0.1) is 13.8 Å². The van der Waals surface area contributed by atoms with E-state index in [9.17, 15) is 0 Å². The highest BCUT2D eigenvalue weighted by atomic mass is 16.5. The number of para-hydroxylation sites is 2. The molecule has 2 aromatic carbocycles. The average Bonchev–Trinajstić information content (AvgIpc) is 3.26. The second-order valence-electron chi connectivity index (χ2n) is 5.59. The van der Waals surface area contributed by atoms with Crippen LogP contribution in [0.3, 0.4) is 0 Å². The standard InChI is InChI=1S/C18H21NO/c1-13-6-5-7-14(2)18(13)20-17-9-4-3-8-15(17)12-19-16-10-11-16/h3-9,16,19H,10-12H2,1-2H3. The van der Waals surface area contributed by atoms with Gasteiger partial charge in [0.05, 0.1) is 0 Å². The Morgan fingerprint density at radius 1 is 1.00 bits per heavy atom. The van der Waals surface area contributed by atoms with E-state index in [4.69, 9.17) is 4.74 Å². The average molecular weight is 267 g/mol. The maximum atomic E-state index is 6.18. The van der Waals surface area contributed by atoms with Crippen LogP contribution in [0.1, 0.15) is 29.5 Å². The number of ether oxygens (including phenoxy) is 1. The molecule has 0 spiro atoms. The van der Waals surface area contributed by atoms with Gasteiger partial charge in [0.2, 0.25) is 0 Å². The van der Waals surface area contributed by atoms with E-state index in [1.807, 2.05) is 6.07 Å². The summed E-state index contributed by atoms with van der Waals surface area (Å²) in [7, 11) is 0. The van der Waals surface area contributed by atoms with Gasteiger partial charge < -0.3 is 10.1 Å². The van der Waals surface area contributed by atoms with Crippen molar-refractivity contribution < 1.29 is 4.74 Å². The van der Waals surface area contributed by atoms with Gasteiger partial charge in [0.1, 0.15) is 11.5 Å². The monoisotopic (exact) mass is 267 g/mol. The van der Waals surface area contributed by atoms with Gasteiger partial charge in [-0.2, -0.15) is 0 Å². The van der Waals surface area contributed by atoms with E-state index in [-0.39, 0.29) is 0 Å². The molecule has 2 aromatic rings.